The van der Waals surface area contributed by atoms with Crippen molar-refractivity contribution < 1.29 is 4.42 Å². The van der Waals surface area contributed by atoms with Crippen LogP contribution in [0.3, 0.4) is 0 Å². The standard InChI is InChI=1S/C10H15NO/c11-7-8-3-1-4-9(8)10-5-2-6-12-10/h2,5-6,8-9H,1,3-4,7,11H2. The van der Waals surface area contributed by atoms with Gasteiger partial charge in [-0.2, -0.15) is 0 Å². The molecule has 0 saturated heterocycles. The van der Waals surface area contributed by atoms with Crippen molar-refractivity contribution in [1.82, 2.24) is 0 Å². The quantitative estimate of drug-likeness (QED) is 0.729. The summed E-state index contributed by atoms with van der Waals surface area (Å²) in [6, 6.07) is 4.03. The summed E-state index contributed by atoms with van der Waals surface area (Å²) in [6.07, 6.45) is 5.56. The lowest BCUT2D eigenvalue weighted by Gasteiger charge is -2.14. The predicted molar refractivity (Wildman–Crippen MR) is 47.8 cm³/mol. The smallest absolute Gasteiger partial charge is 0.107 e. The summed E-state index contributed by atoms with van der Waals surface area (Å²) in [6.45, 7) is 0.797. The molecule has 2 rings (SSSR count). The van der Waals surface area contributed by atoms with Crippen molar-refractivity contribution in [2.24, 2.45) is 11.7 Å². The van der Waals surface area contributed by atoms with E-state index in [1.54, 1.807) is 6.26 Å². The van der Waals surface area contributed by atoms with Crippen molar-refractivity contribution in [3.8, 4) is 0 Å². The van der Waals surface area contributed by atoms with Gasteiger partial charge in [-0.25, -0.2) is 0 Å². The van der Waals surface area contributed by atoms with Crippen LogP contribution in [0.25, 0.3) is 0 Å². The molecule has 2 atom stereocenters. The molecule has 0 amide bonds. The zero-order valence-electron chi connectivity index (χ0n) is 7.20. The topological polar surface area (TPSA) is 39.2 Å². The summed E-state index contributed by atoms with van der Waals surface area (Å²) >= 11 is 0. The van der Waals surface area contributed by atoms with Crippen LogP contribution in [0.4, 0.5) is 0 Å². The molecular formula is C10H15NO. The second-order valence-corrected chi connectivity index (χ2v) is 3.55. The summed E-state index contributed by atoms with van der Waals surface area (Å²) in [5.41, 5.74) is 5.69. The molecule has 1 aromatic rings. The van der Waals surface area contributed by atoms with Crippen LogP contribution in [0.15, 0.2) is 22.8 Å². The molecule has 2 N–H and O–H groups in total. The molecule has 2 nitrogen and oxygen atoms in total. The maximum atomic E-state index is 5.69. The molecule has 1 aromatic heterocycles. The average Bonchev–Trinajstić information content (AvgIpc) is 2.74. The Morgan fingerprint density at radius 3 is 3.08 bits per heavy atom. The fraction of sp³-hybridized carbons (Fsp3) is 0.600. The predicted octanol–water partition coefficient (Wildman–Crippen LogP) is 2.12. The van der Waals surface area contributed by atoms with Gasteiger partial charge < -0.3 is 10.2 Å². The maximum Gasteiger partial charge on any atom is 0.107 e. The van der Waals surface area contributed by atoms with E-state index in [0.29, 0.717) is 11.8 Å². The largest absolute Gasteiger partial charge is 0.469 e. The van der Waals surface area contributed by atoms with Gasteiger partial charge in [-0.15, -0.1) is 0 Å². The Kier molecular flexibility index (Phi) is 2.17. The second kappa shape index (κ2) is 3.31. The molecule has 0 spiro atoms. The summed E-state index contributed by atoms with van der Waals surface area (Å²) < 4.78 is 5.39. The van der Waals surface area contributed by atoms with Crippen molar-refractivity contribution >= 4 is 0 Å². The fourth-order valence-corrected chi connectivity index (χ4v) is 2.20. The maximum absolute atomic E-state index is 5.69. The third-order valence-electron chi connectivity index (χ3n) is 2.87. The van der Waals surface area contributed by atoms with Crippen LogP contribution in [0.5, 0.6) is 0 Å². The van der Waals surface area contributed by atoms with E-state index < -0.39 is 0 Å². The van der Waals surface area contributed by atoms with Crippen molar-refractivity contribution in [3.63, 3.8) is 0 Å². The van der Waals surface area contributed by atoms with Gasteiger partial charge in [0.25, 0.3) is 0 Å². The lowest BCUT2D eigenvalue weighted by molar-refractivity contribution is 0.401. The molecule has 2 unspecified atom stereocenters. The molecule has 0 radical (unpaired) electrons. The first-order valence-electron chi connectivity index (χ1n) is 4.65. The highest BCUT2D eigenvalue weighted by molar-refractivity contribution is 5.09. The minimum atomic E-state index is 0.588. The minimum absolute atomic E-state index is 0.588. The van der Waals surface area contributed by atoms with E-state index in [4.69, 9.17) is 10.2 Å². The SMILES string of the molecule is NCC1CCCC1c1ccco1. The summed E-state index contributed by atoms with van der Waals surface area (Å²) in [4.78, 5) is 0. The van der Waals surface area contributed by atoms with Gasteiger partial charge in [0.1, 0.15) is 5.76 Å². The zero-order valence-corrected chi connectivity index (χ0v) is 7.20. The lowest BCUT2D eigenvalue weighted by Crippen LogP contribution is -2.16. The zero-order chi connectivity index (χ0) is 8.39. The van der Waals surface area contributed by atoms with E-state index in [9.17, 15) is 0 Å². The molecule has 1 saturated carbocycles. The molecular weight excluding hydrogens is 150 g/mol. The highest BCUT2D eigenvalue weighted by atomic mass is 16.3. The Balaban J connectivity index is 2.13. The van der Waals surface area contributed by atoms with E-state index in [0.717, 1.165) is 12.3 Å². The Hall–Kier alpha value is -0.760. The molecule has 66 valence electrons. The Morgan fingerprint density at radius 1 is 1.50 bits per heavy atom. The van der Waals surface area contributed by atoms with Gasteiger partial charge in [0.05, 0.1) is 6.26 Å². The minimum Gasteiger partial charge on any atom is -0.469 e. The van der Waals surface area contributed by atoms with Crippen molar-refractivity contribution in [1.29, 1.82) is 0 Å². The van der Waals surface area contributed by atoms with E-state index in [-0.39, 0.29) is 0 Å². The normalized spacial score (nSPS) is 29.4. The van der Waals surface area contributed by atoms with Crippen LogP contribution < -0.4 is 5.73 Å². The van der Waals surface area contributed by atoms with Gasteiger partial charge in [0.15, 0.2) is 0 Å². The molecule has 1 aliphatic rings. The van der Waals surface area contributed by atoms with Gasteiger partial charge in [-0.05, 0) is 37.4 Å². The van der Waals surface area contributed by atoms with Crippen LogP contribution in [0, 0.1) is 5.92 Å². The van der Waals surface area contributed by atoms with E-state index in [2.05, 4.69) is 6.07 Å². The third-order valence-corrected chi connectivity index (χ3v) is 2.87. The third kappa shape index (κ3) is 1.27. The first-order chi connectivity index (χ1) is 5.92. The van der Waals surface area contributed by atoms with Crippen LogP contribution in [0.1, 0.15) is 30.9 Å². The van der Waals surface area contributed by atoms with Crippen molar-refractivity contribution in [3.05, 3.63) is 24.2 Å². The lowest BCUT2D eigenvalue weighted by atomic mass is 9.94. The van der Waals surface area contributed by atoms with Gasteiger partial charge in [0, 0.05) is 5.92 Å². The van der Waals surface area contributed by atoms with Gasteiger partial charge in [0.2, 0.25) is 0 Å². The molecule has 2 heteroatoms. The van der Waals surface area contributed by atoms with E-state index >= 15 is 0 Å². The molecule has 1 fully saturated rings. The molecule has 1 heterocycles. The van der Waals surface area contributed by atoms with Gasteiger partial charge >= 0.3 is 0 Å². The highest BCUT2D eigenvalue weighted by Gasteiger charge is 2.28. The first kappa shape index (κ1) is 7.87. The molecule has 12 heavy (non-hydrogen) atoms. The van der Waals surface area contributed by atoms with Gasteiger partial charge in [-0.1, -0.05) is 6.42 Å². The Morgan fingerprint density at radius 2 is 2.42 bits per heavy atom. The molecule has 1 aliphatic carbocycles. The van der Waals surface area contributed by atoms with Crippen molar-refractivity contribution in [2.75, 3.05) is 6.54 Å². The number of furan rings is 1. The molecule has 0 bridgehead atoms. The van der Waals surface area contributed by atoms with Crippen LogP contribution in [-0.4, -0.2) is 6.54 Å². The molecule has 0 aliphatic heterocycles. The van der Waals surface area contributed by atoms with Gasteiger partial charge in [-0.3, -0.25) is 0 Å². The Bertz CT molecular complexity index is 230. The highest BCUT2D eigenvalue weighted by Crippen LogP contribution is 2.38. The van der Waals surface area contributed by atoms with E-state index in [1.807, 2.05) is 6.07 Å². The van der Waals surface area contributed by atoms with Crippen LogP contribution >= 0.6 is 0 Å². The summed E-state index contributed by atoms with van der Waals surface area (Å²) in [5, 5.41) is 0. The van der Waals surface area contributed by atoms with Crippen molar-refractivity contribution in [2.45, 2.75) is 25.2 Å². The first-order valence-corrected chi connectivity index (χ1v) is 4.65. The second-order valence-electron chi connectivity index (χ2n) is 3.55. The number of rotatable bonds is 2. The summed E-state index contributed by atoms with van der Waals surface area (Å²) in [5.74, 6) is 2.36. The number of nitrogens with two attached hydrogens (primary N) is 1. The van der Waals surface area contributed by atoms with Crippen LogP contribution in [0.2, 0.25) is 0 Å². The Labute approximate surface area is 72.7 Å². The number of hydrogen-bond donors (Lipinski definition) is 1. The number of hydrogen-bond acceptors (Lipinski definition) is 2. The monoisotopic (exact) mass is 165 g/mol. The summed E-state index contributed by atoms with van der Waals surface area (Å²) in [7, 11) is 0. The van der Waals surface area contributed by atoms with Crippen LogP contribution in [-0.2, 0) is 0 Å². The average molecular weight is 165 g/mol. The fourth-order valence-electron chi connectivity index (χ4n) is 2.20. The van der Waals surface area contributed by atoms with E-state index in [1.165, 1.54) is 19.3 Å². The molecule has 0 aromatic carbocycles.